The molecule has 0 radical (unpaired) electrons. The second-order valence-electron chi connectivity index (χ2n) is 5.02. The summed E-state index contributed by atoms with van der Waals surface area (Å²) in [5, 5.41) is 0. The fourth-order valence-electron chi connectivity index (χ4n) is 2.55. The summed E-state index contributed by atoms with van der Waals surface area (Å²) in [4.78, 5) is 12.8. The number of aromatic nitrogens is 1. The van der Waals surface area contributed by atoms with Crippen molar-refractivity contribution in [2.75, 3.05) is 5.75 Å². The highest BCUT2D eigenvalue weighted by molar-refractivity contribution is 7.99. The number of rotatable bonds is 4. The normalized spacial score (nSPS) is 11.0. The molecule has 2 aromatic heterocycles. The van der Waals surface area contributed by atoms with Crippen molar-refractivity contribution >= 4 is 23.6 Å². The van der Waals surface area contributed by atoms with Crippen molar-refractivity contribution in [3.63, 3.8) is 0 Å². The summed E-state index contributed by atoms with van der Waals surface area (Å²) in [6.07, 6.45) is 2.94. The van der Waals surface area contributed by atoms with E-state index in [9.17, 15) is 4.79 Å². The van der Waals surface area contributed by atoms with Crippen molar-refractivity contribution in [1.29, 1.82) is 0 Å². The van der Waals surface area contributed by atoms with Crippen LogP contribution in [0.1, 0.15) is 23.0 Å². The van der Waals surface area contributed by atoms with E-state index in [0.717, 1.165) is 34.2 Å². The number of aldehydes is 1. The van der Waals surface area contributed by atoms with Gasteiger partial charge in [0.05, 0.1) is 5.69 Å². The number of carbonyl (C=O) groups is 1. The number of pyridine rings is 1. The Morgan fingerprint density at radius 3 is 2.57 bits per heavy atom. The molecule has 0 bridgehead atoms. The summed E-state index contributed by atoms with van der Waals surface area (Å²) in [5.41, 5.74) is 4.97. The highest BCUT2D eigenvalue weighted by Gasteiger charge is 2.11. The van der Waals surface area contributed by atoms with Crippen molar-refractivity contribution in [3.05, 3.63) is 59.9 Å². The van der Waals surface area contributed by atoms with Gasteiger partial charge < -0.3 is 4.40 Å². The third kappa shape index (κ3) is 2.61. The topological polar surface area (TPSA) is 21.5 Å². The smallest absolute Gasteiger partial charge is 0.167 e. The fourth-order valence-corrected chi connectivity index (χ4v) is 3.21. The third-order valence-corrected chi connectivity index (χ3v) is 4.44. The quantitative estimate of drug-likeness (QED) is 0.507. The summed E-state index contributed by atoms with van der Waals surface area (Å²) in [7, 11) is 0. The number of hydrogen-bond acceptors (Lipinski definition) is 2. The maximum atomic E-state index is 11.5. The fraction of sp³-hybridized carbons (Fsp3) is 0.167. The molecule has 2 nitrogen and oxygen atoms in total. The van der Waals surface area contributed by atoms with E-state index in [-0.39, 0.29) is 0 Å². The van der Waals surface area contributed by atoms with Crippen LogP contribution < -0.4 is 0 Å². The molecular weight excluding hydrogens is 278 g/mol. The molecular formula is C18H17NOS. The molecule has 3 heteroatoms. The van der Waals surface area contributed by atoms with Gasteiger partial charge in [-0.2, -0.15) is 0 Å². The molecule has 21 heavy (non-hydrogen) atoms. The number of benzene rings is 1. The second-order valence-corrected chi connectivity index (χ2v) is 6.36. The number of thioether (sulfide) groups is 1. The molecule has 0 atom stereocenters. The minimum absolute atomic E-state index is 0.713. The minimum Gasteiger partial charge on any atom is -0.313 e. The molecule has 0 N–H and O–H groups in total. The van der Waals surface area contributed by atoms with E-state index in [0.29, 0.717) is 5.69 Å². The van der Waals surface area contributed by atoms with Crippen LogP contribution in [0.2, 0.25) is 0 Å². The molecule has 0 aliphatic carbocycles. The Balaban J connectivity index is 2.13. The van der Waals surface area contributed by atoms with E-state index in [2.05, 4.69) is 43.3 Å². The zero-order valence-corrected chi connectivity index (χ0v) is 13.0. The average molecular weight is 295 g/mol. The lowest BCUT2D eigenvalue weighted by atomic mass is 10.1. The molecule has 0 amide bonds. The van der Waals surface area contributed by atoms with Crippen LogP contribution in [0.25, 0.3) is 16.6 Å². The van der Waals surface area contributed by atoms with Gasteiger partial charge in [-0.3, -0.25) is 4.79 Å². The summed E-state index contributed by atoms with van der Waals surface area (Å²) in [6, 6.07) is 14.6. The second kappa shape index (κ2) is 5.78. The minimum atomic E-state index is 0.713. The largest absolute Gasteiger partial charge is 0.313 e. The van der Waals surface area contributed by atoms with Gasteiger partial charge in [0.25, 0.3) is 0 Å². The van der Waals surface area contributed by atoms with Gasteiger partial charge >= 0.3 is 0 Å². The predicted octanol–water partition coefficient (Wildman–Crippen LogP) is 4.84. The predicted molar refractivity (Wildman–Crippen MR) is 89.4 cm³/mol. The van der Waals surface area contributed by atoms with Gasteiger partial charge in [0.1, 0.15) is 0 Å². The lowest BCUT2D eigenvalue weighted by Crippen LogP contribution is -1.93. The van der Waals surface area contributed by atoms with Gasteiger partial charge in [-0.15, -0.1) is 11.8 Å². The highest BCUT2D eigenvalue weighted by atomic mass is 32.2. The van der Waals surface area contributed by atoms with E-state index in [1.165, 1.54) is 4.90 Å². The molecule has 0 aliphatic rings. The van der Waals surface area contributed by atoms with Crippen LogP contribution in [0, 0.1) is 6.92 Å². The first kappa shape index (κ1) is 14.0. The summed E-state index contributed by atoms with van der Waals surface area (Å²) >= 11 is 1.82. The molecule has 0 fully saturated rings. The molecule has 106 valence electrons. The number of aryl methyl sites for hydroxylation is 1. The van der Waals surface area contributed by atoms with Crippen LogP contribution >= 0.6 is 11.8 Å². The summed E-state index contributed by atoms with van der Waals surface area (Å²) < 4.78 is 1.96. The Bertz CT molecular complexity index is 787. The van der Waals surface area contributed by atoms with Crippen LogP contribution in [0.3, 0.4) is 0 Å². The van der Waals surface area contributed by atoms with Crippen molar-refractivity contribution in [1.82, 2.24) is 4.40 Å². The first-order valence-electron chi connectivity index (χ1n) is 7.03. The number of nitrogens with zero attached hydrogens (tertiary/aromatic N) is 1. The van der Waals surface area contributed by atoms with E-state index in [4.69, 9.17) is 0 Å². The van der Waals surface area contributed by atoms with Crippen LogP contribution in [0.15, 0.2) is 53.6 Å². The first-order chi connectivity index (χ1) is 10.2. The van der Waals surface area contributed by atoms with Crippen LogP contribution in [-0.2, 0) is 0 Å². The zero-order valence-electron chi connectivity index (χ0n) is 12.2. The molecule has 0 aliphatic heterocycles. The SMILES string of the molecule is CCSc1ccc(-c2cc3ccc(C)cn3c2C=O)cc1. The van der Waals surface area contributed by atoms with E-state index in [1.54, 1.807) is 0 Å². The van der Waals surface area contributed by atoms with Gasteiger partial charge in [0.15, 0.2) is 6.29 Å². The third-order valence-electron chi connectivity index (χ3n) is 3.54. The molecule has 0 saturated heterocycles. The van der Waals surface area contributed by atoms with Gasteiger partial charge in [0.2, 0.25) is 0 Å². The Morgan fingerprint density at radius 1 is 1.14 bits per heavy atom. The highest BCUT2D eigenvalue weighted by Crippen LogP contribution is 2.29. The Kier molecular flexibility index (Phi) is 3.84. The monoisotopic (exact) mass is 295 g/mol. The molecule has 0 unspecified atom stereocenters. The van der Waals surface area contributed by atoms with Crippen molar-refractivity contribution < 1.29 is 4.79 Å². The van der Waals surface area contributed by atoms with Crippen LogP contribution in [0.4, 0.5) is 0 Å². The van der Waals surface area contributed by atoms with Gasteiger partial charge in [0, 0.05) is 22.2 Å². The Morgan fingerprint density at radius 2 is 1.90 bits per heavy atom. The van der Waals surface area contributed by atoms with Crippen molar-refractivity contribution in [3.8, 4) is 11.1 Å². The van der Waals surface area contributed by atoms with Crippen LogP contribution in [-0.4, -0.2) is 16.4 Å². The van der Waals surface area contributed by atoms with Crippen molar-refractivity contribution in [2.45, 2.75) is 18.7 Å². The Hall–Kier alpha value is -2.00. The first-order valence-corrected chi connectivity index (χ1v) is 8.01. The van der Waals surface area contributed by atoms with Gasteiger partial charge in [-0.25, -0.2) is 0 Å². The maximum Gasteiger partial charge on any atom is 0.167 e. The van der Waals surface area contributed by atoms with E-state index in [1.807, 2.05) is 35.3 Å². The maximum absolute atomic E-state index is 11.5. The standard InChI is InChI=1S/C18H17NOS/c1-3-21-16-8-5-14(6-9-16)17-10-15-7-4-13(2)11-19(15)18(17)12-20/h4-12H,3H2,1-2H3. The number of carbonyl (C=O) groups excluding carboxylic acids is 1. The number of fused-ring (bicyclic) bond motifs is 1. The van der Waals surface area contributed by atoms with Gasteiger partial charge in [-0.05, 0) is 48.1 Å². The molecule has 3 aromatic rings. The van der Waals surface area contributed by atoms with E-state index < -0.39 is 0 Å². The molecule has 1 aromatic carbocycles. The van der Waals surface area contributed by atoms with Crippen molar-refractivity contribution in [2.24, 2.45) is 0 Å². The molecule has 2 heterocycles. The van der Waals surface area contributed by atoms with Gasteiger partial charge in [-0.1, -0.05) is 25.1 Å². The Labute approximate surface area is 128 Å². The lowest BCUT2D eigenvalue weighted by Gasteiger charge is -2.03. The molecule has 0 saturated carbocycles. The average Bonchev–Trinajstić information content (AvgIpc) is 2.86. The van der Waals surface area contributed by atoms with E-state index >= 15 is 0 Å². The zero-order chi connectivity index (χ0) is 14.8. The summed E-state index contributed by atoms with van der Waals surface area (Å²) in [6.45, 7) is 4.18. The van der Waals surface area contributed by atoms with Crippen LogP contribution in [0.5, 0.6) is 0 Å². The lowest BCUT2D eigenvalue weighted by molar-refractivity contribution is 0.111. The molecule has 3 rings (SSSR count). The summed E-state index contributed by atoms with van der Waals surface area (Å²) in [5.74, 6) is 1.06. The number of hydrogen-bond donors (Lipinski definition) is 0. The molecule has 0 spiro atoms.